The van der Waals surface area contributed by atoms with Crippen molar-refractivity contribution in [1.82, 2.24) is 0 Å². The fourth-order valence-electron chi connectivity index (χ4n) is 3.10. The van der Waals surface area contributed by atoms with Gasteiger partial charge in [0.15, 0.2) is 11.5 Å². The molecule has 1 aliphatic heterocycles. The van der Waals surface area contributed by atoms with E-state index in [1.165, 1.54) is 0 Å². The van der Waals surface area contributed by atoms with Gasteiger partial charge in [0.25, 0.3) is 0 Å². The molecule has 0 unspecified atom stereocenters. The van der Waals surface area contributed by atoms with Crippen molar-refractivity contribution in [3.8, 4) is 11.5 Å². The lowest BCUT2D eigenvalue weighted by Gasteiger charge is -2.39. The van der Waals surface area contributed by atoms with Crippen molar-refractivity contribution in [2.45, 2.75) is 29.4 Å². The molecule has 0 N–H and O–H groups in total. The smallest absolute Gasteiger partial charge is 0.224 e. The third-order valence-electron chi connectivity index (χ3n) is 4.00. The largest absolute Gasteiger partial charge is 0.493 e. The van der Waals surface area contributed by atoms with Crippen molar-refractivity contribution in [3.05, 3.63) is 47.5 Å². The molecular formula is C19H22O4S. The zero-order valence-electron chi connectivity index (χ0n) is 14.4. The predicted octanol–water partition coefficient (Wildman–Crippen LogP) is 4.44. The topological polar surface area (TPSA) is 36.9 Å². The second-order valence-corrected chi connectivity index (χ2v) is 6.31. The van der Waals surface area contributed by atoms with Crippen LogP contribution >= 0.6 is 11.8 Å². The van der Waals surface area contributed by atoms with E-state index in [1.807, 2.05) is 38.1 Å². The molecule has 0 aliphatic carbocycles. The molecule has 4 nitrogen and oxygen atoms in total. The van der Waals surface area contributed by atoms with Crippen LogP contribution in [0.15, 0.2) is 46.2 Å². The zero-order valence-corrected chi connectivity index (χ0v) is 15.2. The maximum atomic E-state index is 6.20. The van der Waals surface area contributed by atoms with Gasteiger partial charge in [0.05, 0.1) is 19.1 Å². The lowest BCUT2D eigenvalue weighted by Crippen LogP contribution is -2.37. The molecule has 0 saturated carbocycles. The van der Waals surface area contributed by atoms with Crippen LogP contribution in [0, 0.1) is 0 Å². The van der Waals surface area contributed by atoms with Gasteiger partial charge in [0, 0.05) is 29.2 Å². The van der Waals surface area contributed by atoms with Crippen LogP contribution in [0.5, 0.6) is 11.5 Å². The first kappa shape index (κ1) is 17.1. The van der Waals surface area contributed by atoms with E-state index in [2.05, 4.69) is 12.1 Å². The van der Waals surface area contributed by atoms with E-state index in [1.54, 1.807) is 26.0 Å². The van der Waals surface area contributed by atoms with Crippen molar-refractivity contribution in [3.63, 3.8) is 0 Å². The maximum Gasteiger partial charge on any atom is 0.224 e. The van der Waals surface area contributed by atoms with E-state index >= 15 is 0 Å². The second-order valence-electron chi connectivity index (χ2n) is 5.26. The molecule has 0 atom stereocenters. The first-order valence-electron chi connectivity index (χ1n) is 8.02. The lowest BCUT2D eigenvalue weighted by molar-refractivity contribution is -0.216. The number of methoxy groups -OCH3 is 2. The van der Waals surface area contributed by atoms with Gasteiger partial charge in [0.2, 0.25) is 5.79 Å². The average Bonchev–Trinajstić information content (AvgIpc) is 2.61. The highest BCUT2D eigenvalue weighted by atomic mass is 32.2. The van der Waals surface area contributed by atoms with Gasteiger partial charge in [-0.25, -0.2) is 0 Å². The summed E-state index contributed by atoms with van der Waals surface area (Å²) in [4.78, 5) is 2.07. The molecule has 0 amide bonds. The Morgan fingerprint density at radius 2 is 1.58 bits per heavy atom. The normalized spacial score (nSPS) is 14.7. The van der Waals surface area contributed by atoms with E-state index in [4.69, 9.17) is 18.9 Å². The van der Waals surface area contributed by atoms with E-state index in [9.17, 15) is 0 Å². The van der Waals surface area contributed by atoms with Gasteiger partial charge >= 0.3 is 0 Å². The van der Waals surface area contributed by atoms with E-state index < -0.39 is 5.79 Å². The fourth-order valence-corrected chi connectivity index (χ4v) is 4.37. The van der Waals surface area contributed by atoms with Crippen molar-refractivity contribution >= 4 is 11.8 Å². The molecular weight excluding hydrogens is 324 g/mol. The van der Waals surface area contributed by atoms with Gasteiger partial charge in [-0.1, -0.05) is 30.0 Å². The number of hydrogen-bond acceptors (Lipinski definition) is 5. The summed E-state index contributed by atoms with van der Waals surface area (Å²) in [6.07, 6.45) is 0. The van der Waals surface area contributed by atoms with Gasteiger partial charge in [0.1, 0.15) is 0 Å². The van der Waals surface area contributed by atoms with Crippen LogP contribution in [-0.2, 0) is 15.3 Å². The molecule has 1 aliphatic rings. The third-order valence-corrected chi connectivity index (χ3v) is 5.19. The molecule has 0 spiro atoms. The molecule has 2 aromatic rings. The van der Waals surface area contributed by atoms with Crippen LogP contribution in [0.25, 0.3) is 0 Å². The Morgan fingerprint density at radius 3 is 2.21 bits per heavy atom. The van der Waals surface area contributed by atoms with Crippen molar-refractivity contribution in [2.24, 2.45) is 0 Å². The highest BCUT2D eigenvalue weighted by Gasteiger charge is 2.44. The summed E-state index contributed by atoms with van der Waals surface area (Å²) >= 11 is 1.65. The molecule has 5 heteroatoms. The Labute approximate surface area is 147 Å². The molecule has 0 fully saturated rings. The van der Waals surface area contributed by atoms with Crippen molar-refractivity contribution in [1.29, 1.82) is 0 Å². The Kier molecular flexibility index (Phi) is 5.04. The molecule has 2 aromatic carbocycles. The van der Waals surface area contributed by atoms with Gasteiger partial charge in [-0.3, -0.25) is 0 Å². The van der Waals surface area contributed by atoms with E-state index in [-0.39, 0.29) is 0 Å². The van der Waals surface area contributed by atoms with Gasteiger partial charge in [-0.2, -0.15) is 0 Å². The molecule has 0 radical (unpaired) electrons. The summed E-state index contributed by atoms with van der Waals surface area (Å²) < 4.78 is 23.5. The van der Waals surface area contributed by atoms with E-state index in [0.29, 0.717) is 24.7 Å². The number of benzene rings is 2. The Balaban J connectivity index is 2.31. The summed E-state index contributed by atoms with van der Waals surface area (Å²) in [7, 11) is 3.30. The molecule has 0 bridgehead atoms. The minimum atomic E-state index is -0.930. The lowest BCUT2D eigenvalue weighted by atomic mass is 9.95. The molecule has 0 aromatic heterocycles. The highest BCUT2D eigenvalue weighted by molar-refractivity contribution is 7.99. The quantitative estimate of drug-likeness (QED) is 0.723. The number of fused-ring (bicyclic) bond motifs is 2. The van der Waals surface area contributed by atoms with Gasteiger partial charge in [-0.05, 0) is 32.0 Å². The summed E-state index contributed by atoms with van der Waals surface area (Å²) in [5.41, 5.74) is 1.98. The zero-order chi connectivity index (χ0) is 17.2. The van der Waals surface area contributed by atoms with Crippen LogP contribution in [0.1, 0.15) is 25.0 Å². The third kappa shape index (κ3) is 2.57. The van der Waals surface area contributed by atoms with Gasteiger partial charge in [-0.15, -0.1) is 0 Å². The predicted molar refractivity (Wildman–Crippen MR) is 94.1 cm³/mol. The highest BCUT2D eigenvalue weighted by Crippen LogP contribution is 2.55. The number of rotatable bonds is 6. The Hall–Kier alpha value is -1.69. The summed E-state index contributed by atoms with van der Waals surface area (Å²) in [5.74, 6) is 0.476. The Morgan fingerprint density at radius 1 is 0.875 bits per heavy atom. The number of hydrogen-bond donors (Lipinski definition) is 0. The minimum Gasteiger partial charge on any atom is -0.493 e. The number of ether oxygens (including phenoxy) is 4. The molecule has 128 valence electrons. The molecule has 3 rings (SSSR count). The van der Waals surface area contributed by atoms with Crippen LogP contribution in [0.2, 0.25) is 0 Å². The van der Waals surface area contributed by atoms with Crippen LogP contribution < -0.4 is 9.47 Å². The van der Waals surface area contributed by atoms with E-state index in [0.717, 1.165) is 20.9 Å². The van der Waals surface area contributed by atoms with Gasteiger partial charge < -0.3 is 18.9 Å². The first-order chi connectivity index (χ1) is 11.7. The first-order valence-corrected chi connectivity index (χ1v) is 8.84. The fraction of sp³-hybridized carbons (Fsp3) is 0.368. The van der Waals surface area contributed by atoms with Crippen molar-refractivity contribution < 1.29 is 18.9 Å². The SMILES string of the molecule is CCOC1(OCC)c2ccccc2Sc2c1ccc(OC)c2OC. The summed E-state index contributed by atoms with van der Waals surface area (Å²) in [5, 5.41) is 0. The maximum absolute atomic E-state index is 6.20. The standard InChI is InChI=1S/C19H22O4S/c1-5-22-19(23-6-2)13-9-7-8-10-16(13)24-18-14(19)11-12-15(20-3)17(18)21-4/h7-12H,5-6H2,1-4H3. The van der Waals surface area contributed by atoms with Crippen LogP contribution in [0.4, 0.5) is 0 Å². The monoisotopic (exact) mass is 346 g/mol. The average molecular weight is 346 g/mol. The molecule has 1 heterocycles. The van der Waals surface area contributed by atoms with Crippen molar-refractivity contribution in [2.75, 3.05) is 27.4 Å². The Bertz CT molecular complexity index is 723. The minimum absolute atomic E-state index is 0.535. The summed E-state index contributed by atoms with van der Waals surface area (Å²) in [6, 6.07) is 12.1. The molecule has 0 saturated heterocycles. The summed E-state index contributed by atoms with van der Waals surface area (Å²) in [6.45, 7) is 5.02. The molecule has 24 heavy (non-hydrogen) atoms. The van der Waals surface area contributed by atoms with Crippen LogP contribution in [0.3, 0.4) is 0 Å². The second kappa shape index (κ2) is 7.05. The van der Waals surface area contributed by atoms with Crippen LogP contribution in [-0.4, -0.2) is 27.4 Å².